The summed E-state index contributed by atoms with van der Waals surface area (Å²) in [5.41, 5.74) is 1.51. The topological polar surface area (TPSA) is 62.3 Å². The van der Waals surface area contributed by atoms with Gasteiger partial charge in [-0.25, -0.2) is 9.37 Å². The summed E-state index contributed by atoms with van der Waals surface area (Å²) in [6, 6.07) is 6.34. The fraction of sp³-hybridized carbons (Fsp3) is 0.353. The molecule has 0 bridgehead atoms. The van der Waals surface area contributed by atoms with Crippen LogP contribution in [0.5, 0.6) is 0 Å². The van der Waals surface area contributed by atoms with Gasteiger partial charge in [0.15, 0.2) is 5.13 Å². The van der Waals surface area contributed by atoms with Gasteiger partial charge in [-0.15, -0.1) is 11.3 Å². The van der Waals surface area contributed by atoms with Crippen molar-refractivity contribution in [3.05, 3.63) is 46.7 Å². The molecule has 0 unspecified atom stereocenters. The average molecular weight is 347 g/mol. The second-order valence-electron chi connectivity index (χ2n) is 5.68. The first-order chi connectivity index (χ1) is 11.6. The maximum absolute atomic E-state index is 13.1. The molecule has 1 aliphatic heterocycles. The van der Waals surface area contributed by atoms with E-state index >= 15 is 0 Å². The number of aromatic nitrogens is 1. The number of anilines is 1. The van der Waals surface area contributed by atoms with E-state index in [0.717, 1.165) is 12.0 Å². The molecule has 1 saturated heterocycles. The molecule has 7 heteroatoms. The lowest BCUT2D eigenvalue weighted by Gasteiger charge is -2.10. The molecule has 0 atom stereocenters. The second-order valence-corrected chi connectivity index (χ2v) is 6.51. The molecule has 2 heterocycles. The lowest BCUT2D eigenvalue weighted by molar-refractivity contribution is -0.120. The number of nitrogens with zero attached hydrogens (tertiary/aromatic N) is 2. The molecule has 0 aliphatic carbocycles. The van der Waals surface area contributed by atoms with Crippen LogP contribution in [-0.2, 0) is 22.4 Å². The Labute approximate surface area is 143 Å². The molecule has 126 valence electrons. The maximum Gasteiger partial charge on any atom is 0.228 e. The van der Waals surface area contributed by atoms with Crippen molar-refractivity contribution in [1.82, 2.24) is 10.3 Å². The van der Waals surface area contributed by atoms with Gasteiger partial charge in [0, 0.05) is 24.9 Å². The van der Waals surface area contributed by atoms with E-state index in [0.29, 0.717) is 36.8 Å². The second kappa shape index (κ2) is 7.53. The van der Waals surface area contributed by atoms with E-state index in [4.69, 9.17) is 0 Å². The van der Waals surface area contributed by atoms with Gasteiger partial charge in [0.05, 0.1) is 12.1 Å². The Morgan fingerprint density at radius 3 is 3.04 bits per heavy atom. The molecule has 2 amide bonds. The van der Waals surface area contributed by atoms with Crippen LogP contribution in [0.25, 0.3) is 0 Å². The fourth-order valence-electron chi connectivity index (χ4n) is 2.62. The van der Waals surface area contributed by atoms with Crippen molar-refractivity contribution in [2.75, 3.05) is 18.0 Å². The van der Waals surface area contributed by atoms with E-state index in [9.17, 15) is 14.0 Å². The van der Waals surface area contributed by atoms with Crippen molar-refractivity contribution in [2.24, 2.45) is 0 Å². The number of amides is 2. The summed E-state index contributed by atoms with van der Waals surface area (Å²) in [5.74, 6) is -0.309. The summed E-state index contributed by atoms with van der Waals surface area (Å²) in [7, 11) is 0. The molecule has 1 aromatic heterocycles. The van der Waals surface area contributed by atoms with Gasteiger partial charge in [-0.05, 0) is 30.5 Å². The highest BCUT2D eigenvalue weighted by Crippen LogP contribution is 2.25. The Hall–Kier alpha value is -2.28. The third-order valence-corrected chi connectivity index (χ3v) is 4.72. The monoisotopic (exact) mass is 347 g/mol. The zero-order valence-electron chi connectivity index (χ0n) is 13.1. The van der Waals surface area contributed by atoms with Crippen LogP contribution in [0, 0.1) is 5.82 Å². The number of carbonyl (C=O) groups excluding carboxylic acids is 2. The quantitative estimate of drug-likeness (QED) is 0.872. The predicted octanol–water partition coefficient (Wildman–Crippen LogP) is 2.31. The van der Waals surface area contributed by atoms with Crippen molar-refractivity contribution >= 4 is 28.3 Å². The molecule has 1 aromatic carbocycles. The first-order valence-electron chi connectivity index (χ1n) is 7.88. The Morgan fingerprint density at radius 2 is 2.29 bits per heavy atom. The summed E-state index contributed by atoms with van der Waals surface area (Å²) >= 11 is 1.39. The maximum atomic E-state index is 13.1. The third-order valence-electron chi connectivity index (χ3n) is 3.81. The molecule has 3 rings (SSSR count). The van der Waals surface area contributed by atoms with Crippen LogP contribution in [0.2, 0.25) is 0 Å². The van der Waals surface area contributed by atoms with Crippen molar-refractivity contribution in [3.8, 4) is 0 Å². The zero-order chi connectivity index (χ0) is 16.9. The summed E-state index contributed by atoms with van der Waals surface area (Å²) < 4.78 is 13.1. The number of rotatable bonds is 6. The van der Waals surface area contributed by atoms with Gasteiger partial charge in [-0.3, -0.25) is 14.5 Å². The number of thiazole rings is 1. The van der Waals surface area contributed by atoms with Crippen LogP contribution in [-0.4, -0.2) is 29.9 Å². The van der Waals surface area contributed by atoms with Crippen molar-refractivity contribution < 1.29 is 14.0 Å². The SMILES string of the molecule is O=C(Cc1csc(N2CCCC2=O)n1)NCCc1cccc(F)c1. The molecule has 0 spiro atoms. The van der Waals surface area contributed by atoms with E-state index in [1.807, 2.05) is 11.4 Å². The van der Waals surface area contributed by atoms with E-state index < -0.39 is 0 Å². The first-order valence-corrected chi connectivity index (χ1v) is 8.76. The fourth-order valence-corrected chi connectivity index (χ4v) is 3.49. The van der Waals surface area contributed by atoms with Crippen molar-refractivity contribution in [1.29, 1.82) is 0 Å². The Kier molecular flexibility index (Phi) is 5.20. The van der Waals surface area contributed by atoms with Gasteiger partial charge in [-0.1, -0.05) is 12.1 Å². The van der Waals surface area contributed by atoms with Gasteiger partial charge in [0.2, 0.25) is 11.8 Å². The molecule has 0 radical (unpaired) electrons. The van der Waals surface area contributed by atoms with Gasteiger partial charge < -0.3 is 5.32 Å². The number of hydrogen-bond acceptors (Lipinski definition) is 4. The molecule has 1 aliphatic rings. The summed E-state index contributed by atoms with van der Waals surface area (Å²) in [5, 5.41) is 5.29. The summed E-state index contributed by atoms with van der Waals surface area (Å²) in [6.45, 7) is 1.15. The van der Waals surface area contributed by atoms with Gasteiger partial charge in [-0.2, -0.15) is 0 Å². The van der Waals surface area contributed by atoms with Crippen LogP contribution in [0.3, 0.4) is 0 Å². The predicted molar refractivity (Wildman–Crippen MR) is 90.5 cm³/mol. The highest BCUT2D eigenvalue weighted by molar-refractivity contribution is 7.14. The lowest BCUT2D eigenvalue weighted by atomic mass is 10.1. The molecule has 2 aromatic rings. The molecule has 1 N–H and O–H groups in total. The Balaban J connectivity index is 1.47. The Bertz CT molecular complexity index is 747. The summed E-state index contributed by atoms with van der Waals surface area (Å²) in [6.07, 6.45) is 2.18. The van der Waals surface area contributed by atoms with E-state index in [-0.39, 0.29) is 24.1 Å². The molecule has 0 saturated carbocycles. The third kappa shape index (κ3) is 4.17. The molecule has 1 fully saturated rings. The highest BCUT2D eigenvalue weighted by Gasteiger charge is 2.24. The van der Waals surface area contributed by atoms with Crippen molar-refractivity contribution in [3.63, 3.8) is 0 Å². The smallest absolute Gasteiger partial charge is 0.228 e. The summed E-state index contributed by atoms with van der Waals surface area (Å²) in [4.78, 5) is 29.7. The molecule has 24 heavy (non-hydrogen) atoms. The van der Waals surface area contributed by atoms with E-state index in [2.05, 4.69) is 10.3 Å². The minimum absolute atomic E-state index is 0.0930. The van der Waals surface area contributed by atoms with E-state index in [1.165, 1.54) is 23.5 Å². The minimum atomic E-state index is -0.273. The average Bonchev–Trinajstić information content (AvgIpc) is 3.16. The molecular formula is C17H18FN3O2S. The van der Waals surface area contributed by atoms with Gasteiger partial charge in [0.1, 0.15) is 5.82 Å². The number of nitrogens with one attached hydrogen (secondary N) is 1. The van der Waals surface area contributed by atoms with Gasteiger partial charge in [0.25, 0.3) is 0 Å². The normalized spacial score (nSPS) is 14.2. The number of benzene rings is 1. The number of halogens is 1. The largest absolute Gasteiger partial charge is 0.355 e. The highest BCUT2D eigenvalue weighted by atomic mass is 32.1. The molecule has 5 nitrogen and oxygen atoms in total. The van der Waals surface area contributed by atoms with Crippen LogP contribution < -0.4 is 10.2 Å². The van der Waals surface area contributed by atoms with Crippen LogP contribution in [0.15, 0.2) is 29.6 Å². The number of carbonyl (C=O) groups is 2. The minimum Gasteiger partial charge on any atom is -0.355 e. The van der Waals surface area contributed by atoms with Crippen LogP contribution in [0.4, 0.5) is 9.52 Å². The van der Waals surface area contributed by atoms with Crippen LogP contribution >= 0.6 is 11.3 Å². The van der Waals surface area contributed by atoms with E-state index in [1.54, 1.807) is 11.0 Å². The van der Waals surface area contributed by atoms with Gasteiger partial charge >= 0.3 is 0 Å². The van der Waals surface area contributed by atoms with Crippen molar-refractivity contribution in [2.45, 2.75) is 25.7 Å². The first kappa shape index (κ1) is 16.6. The zero-order valence-corrected chi connectivity index (χ0v) is 13.9. The van der Waals surface area contributed by atoms with Crippen LogP contribution in [0.1, 0.15) is 24.1 Å². The Morgan fingerprint density at radius 1 is 1.42 bits per heavy atom. The number of hydrogen-bond donors (Lipinski definition) is 1. The molecular weight excluding hydrogens is 329 g/mol. The lowest BCUT2D eigenvalue weighted by Crippen LogP contribution is -2.27. The standard InChI is InChI=1S/C17H18FN3O2S/c18-13-4-1-3-12(9-13)6-7-19-15(22)10-14-11-24-17(20-14)21-8-2-5-16(21)23/h1,3-4,9,11H,2,5-8,10H2,(H,19,22).